The van der Waals surface area contributed by atoms with Crippen LogP contribution in [0, 0.1) is 0 Å². The number of phenolic OH excluding ortho intramolecular Hbond substituents is 1. The van der Waals surface area contributed by atoms with E-state index in [4.69, 9.17) is 9.16 Å². The second kappa shape index (κ2) is 4.60. The molecule has 0 atom stereocenters. The number of benzene rings is 1. The van der Waals surface area contributed by atoms with Crippen molar-refractivity contribution >= 4 is 8.32 Å². The third-order valence-corrected chi connectivity index (χ3v) is 7.68. The minimum absolute atomic E-state index is 0.0997. The maximum absolute atomic E-state index is 9.80. The predicted octanol–water partition coefficient (Wildman–Crippen LogP) is 3.78. The Hall–Kier alpha value is -1.16. The molecule has 0 radical (unpaired) electrons. The smallest absolute Gasteiger partial charge is 0.250 e. The summed E-state index contributed by atoms with van der Waals surface area (Å²) in [5.41, 5.74) is 0. The van der Waals surface area contributed by atoms with Crippen LogP contribution in [0.2, 0.25) is 18.1 Å². The summed E-state index contributed by atoms with van der Waals surface area (Å²) in [5, 5.41) is 9.90. The van der Waals surface area contributed by atoms with Crippen molar-refractivity contribution in [1.29, 1.82) is 0 Å². The Morgan fingerprint density at radius 2 is 1.76 bits per heavy atom. The molecule has 0 aromatic heterocycles. The zero-order valence-corrected chi connectivity index (χ0v) is 12.5. The summed E-state index contributed by atoms with van der Waals surface area (Å²) < 4.78 is 11.2. The lowest BCUT2D eigenvalue weighted by Gasteiger charge is -2.36. The Morgan fingerprint density at radius 3 is 2.24 bits per heavy atom. The molecule has 0 aliphatic heterocycles. The minimum atomic E-state index is -1.93. The van der Waals surface area contributed by atoms with Crippen LogP contribution >= 0.6 is 0 Å². The first-order valence-corrected chi connectivity index (χ1v) is 8.64. The summed E-state index contributed by atoms with van der Waals surface area (Å²) in [6, 6.07) is 5.05. The molecule has 1 aromatic rings. The van der Waals surface area contributed by atoms with Gasteiger partial charge in [0.2, 0.25) is 0 Å². The lowest BCUT2D eigenvalue weighted by atomic mass is 10.2. The van der Waals surface area contributed by atoms with Gasteiger partial charge >= 0.3 is 0 Å². The number of hydrogen-bond acceptors (Lipinski definition) is 3. The van der Waals surface area contributed by atoms with Crippen molar-refractivity contribution in [2.24, 2.45) is 0 Å². The molecule has 0 fully saturated rings. The Morgan fingerprint density at radius 1 is 1.18 bits per heavy atom. The maximum Gasteiger partial charge on any atom is 0.250 e. The Kier molecular flexibility index (Phi) is 3.77. The molecule has 0 bridgehead atoms. The normalized spacial score (nSPS) is 12.4. The van der Waals surface area contributed by atoms with Gasteiger partial charge in [-0.1, -0.05) is 20.8 Å². The van der Waals surface area contributed by atoms with Gasteiger partial charge in [0.05, 0.1) is 7.11 Å². The van der Waals surface area contributed by atoms with E-state index in [-0.39, 0.29) is 10.8 Å². The van der Waals surface area contributed by atoms with Gasteiger partial charge in [-0.3, -0.25) is 0 Å². The number of aromatic hydroxyl groups is 1. The number of phenols is 1. The molecular formula is C13H22O3Si. The summed E-state index contributed by atoms with van der Waals surface area (Å²) >= 11 is 0. The van der Waals surface area contributed by atoms with Crippen LogP contribution in [0.1, 0.15) is 20.8 Å². The molecule has 0 aliphatic carbocycles. The van der Waals surface area contributed by atoms with Crippen LogP contribution < -0.4 is 9.16 Å². The highest BCUT2D eigenvalue weighted by Gasteiger charge is 2.39. The summed E-state index contributed by atoms with van der Waals surface area (Å²) in [6.45, 7) is 10.8. The Labute approximate surface area is 105 Å². The van der Waals surface area contributed by atoms with E-state index in [0.717, 1.165) is 0 Å². The fourth-order valence-electron chi connectivity index (χ4n) is 1.13. The number of methoxy groups -OCH3 is 1. The summed E-state index contributed by atoms with van der Waals surface area (Å²) in [6.07, 6.45) is 0. The minimum Gasteiger partial charge on any atom is -0.541 e. The van der Waals surface area contributed by atoms with Gasteiger partial charge in [0.15, 0.2) is 5.75 Å². The van der Waals surface area contributed by atoms with Crippen LogP contribution in [-0.2, 0) is 0 Å². The highest BCUT2D eigenvalue weighted by atomic mass is 28.4. The zero-order chi connectivity index (χ0) is 13.3. The molecule has 17 heavy (non-hydrogen) atoms. The fourth-order valence-corrected chi connectivity index (χ4v) is 2.15. The van der Waals surface area contributed by atoms with Crippen LogP contribution in [-0.4, -0.2) is 20.5 Å². The molecular weight excluding hydrogens is 232 g/mol. The first kappa shape index (κ1) is 13.9. The molecule has 4 heteroatoms. The van der Waals surface area contributed by atoms with E-state index < -0.39 is 8.32 Å². The summed E-state index contributed by atoms with van der Waals surface area (Å²) in [4.78, 5) is 0. The van der Waals surface area contributed by atoms with Gasteiger partial charge in [0.1, 0.15) is 11.5 Å². The molecule has 0 spiro atoms. The lowest BCUT2D eigenvalue weighted by molar-refractivity contribution is 0.397. The monoisotopic (exact) mass is 254 g/mol. The van der Waals surface area contributed by atoms with Gasteiger partial charge in [0, 0.05) is 6.07 Å². The van der Waals surface area contributed by atoms with Crippen molar-refractivity contribution < 1.29 is 14.3 Å². The van der Waals surface area contributed by atoms with E-state index in [9.17, 15) is 5.11 Å². The standard InChI is InChI=1S/C13H22O3Si/c1-13(2,3)17(5,6)16-12-9-10(15-4)7-8-11(12)14/h7-9,14H,1-6H3. The molecule has 3 nitrogen and oxygen atoms in total. The molecule has 1 rings (SSSR count). The van der Waals surface area contributed by atoms with Gasteiger partial charge < -0.3 is 14.3 Å². The molecule has 0 unspecified atom stereocenters. The first-order chi connectivity index (χ1) is 7.67. The Balaban J connectivity index is 3.02. The molecule has 0 saturated carbocycles. The van der Waals surface area contributed by atoms with Crippen LogP contribution in [0.15, 0.2) is 18.2 Å². The second-order valence-electron chi connectivity index (χ2n) is 5.70. The highest BCUT2D eigenvalue weighted by molar-refractivity contribution is 6.74. The molecule has 0 saturated heterocycles. The van der Waals surface area contributed by atoms with Gasteiger partial charge in [-0.15, -0.1) is 0 Å². The van der Waals surface area contributed by atoms with Gasteiger partial charge in [0.25, 0.3) is 8.32 Å². The summed E-state index contributed by atoms with van der Waals surface area (Å²) in [5.74, 6) is 1.36. The largest absolute Gasteiger partial charge is 0.541 e. The third kappa shape index (κ3) is 3.16. The molecule has 96 valence electrons. The SMILES string of the molecule is COc1ccc(O)c(O[Si](C)(C)C(C)(C)C)c1. The van der Waals surface area contributed by atoms with Crippen molar-refractivity contribution in [2.45, 2.75) is 38.9 Å². The second-order valence-corrected chi connectivity index (χ2v) is 10.4. The van der Waals surface area contributed by atoms with E-state index in [1.54, 1.807) is 25.3 Å². The fraction of sp³-hybridized carbons (Fsp3) is 0.538. The average Bonchev–Trinajstić information content (AvgIpc) is 2.19. The average molecular weight is 254 g/mol. The first-order valence-electron chi connectivity index (χ1n) is 5.73. The topological polar surface area (TPSA) is 38.7 Å². The van der Waals surface area contributed by atoms with E-state index >= 15 is 0 Å². The van der Waals surface area contributed by atoms with Crippen LogP contribution in [0.4, 0.5) is 0 Å². The maximum atomic E-state index is 9.80. The van der Waals surface area contributed by atoms with Crippen molar-refractivity contribution in [3.63, 3.8) is 0 Å². The van der Waals surface area contributed by atoms with E-state index in [1.807, 2.05) is 0 Å². The molecule has 0 heterocycles. The zero-order valence-electron chi connectivity index (χ0n) is 11.5. The van der Waals surface area contributed by atoms with Gasteiger partial charge in [-0.05, 0) is 30.3 Å². The van der Waals surface area contributed by atoms with Crippen molar-refractivity contribution in [1.82, 2.24) is 0 Å². The molecule has 1 N–H and O–H groups in total. The molecule has 1 aromatic carbocycles. The predicted molar refractivity (Wildman–Crippen MR) is 72.5 cm³/mol. The van der Waals surface area contributed by atoms with E-state index in [2.05, 4.69) is 33.9 Å². The van der Waals surface area contributed by atoms with Gasteiger partial charge in [-0.25, -0.2) is 0 Å². The number of hydrogen-bond donors (Lipinski definition) is 1. The van der Waals surface area contributed by atoms with Crippen LogP contribution in [0.25, 0.3) is 0 Å². The van der Waals surface area contributed by atoms with Crippen molar-refractivity contribution in [3.8, 4) is 17.2 Å². The third-order valence-electron chi connectivity index (χ3n) is 3.34. The number of rotatable bonds is 3. The number of ether oxygens (including phenoxy) is 1. The van der Waals surface area contributed by atoms with E-state index in [0.29, 0.717) is 11.5 Å². The lowest BCUT2D eigenvalue weighted by Crippen LogP contribution is -2.43. The quantitative estimate of drug-likeness (QED) is 0.834. The van der Waals surface area contributed by atoms with E-state index in [1.165, 1.54) is 0 Å². The van der Waals surface area contributed by atoms with Crippen LogP contribution in [0.5, 0.6) is 17.2 Å². The highest BCUT2D eigenvalue weighted by Crippen LogP contribution is 2.40. The van der Waals surface area contributed by atoms with Crippen molar-refractivity contribution in [2.75, 3.05) is 7.11 Å². The molecule has 0 amide bonds. The Bertz CT molecular complexity index is 394. The molecule has 0 aliphatic rings. The summed E-state index contributed by atoms with van der Waals surface area (Å²) in [7, 11) is -0.329. The van der Waals surface area contributed by atoms with Crippen molar-refractivity contribution in [3.05, 3.63) is 18.2 Å². The van der Waals surface area contributed by atoms with Crippen LogP contribution in [0.3, 0.4) is 0 Å². The van der Waals surface area contributed by atoms with Gasteiger partial charge in [-0.2, -0.15) is 0 Å².